The van der Waals surface area contributed by atoms with Gasteiger partial charge in [-0.2, -0.15) is 0 Å². The van der Waals surface area contributed by atoms with Crippen molar-refractivity contribution in [2.75, 3.05) is 19.6 Å². The summed E-state index contributed by atoms with van der Waals surface area (Å²) in [6.07, 6.45) is 11.5. The minimum absolute atomic E-state index is 0.0331. The van der Waals surface area contributed by atoms with Crippen LogP contribution in [0, 0.1) is 11.8 Å². The van der Waals surface area contributed by atoms with E-state index in [0.29, 0.717) is 25.9 Å². The van der Waals surface area contributed by atoms with Crippen LogP contribution in [0.5, 0.6) is 0 Å². The molecule has 1 aromatic rings. The fourth-order valence-electron chi connectivity index (χ4n) is 5.11. The minimum Gasteiger partial charge on any atom is -0.384 e. The van der Waals surface area contributed by atoms with Crippen LogP contribution in [-0.2, 0) is 16.1 Å². The molecule has 1 aromatic heterocycles. The molecule has 4 aliphatic heterocycles. The lowest BCUT2D eigenvalue weighted by Crippen LogP contribution is -2.49. The van der Waals surface area contributed by atoms with Crippen molar-refractivity contribution >= 4 is 39.7 Å². The first-order chi connectivity index (χ1) is 16.6. The largest absolute Gasteiger partial charge is 0.384 e. The Balaban J connectivity index is 1.37. The maximum Gasteiger partial charge on any atom is 0.245 e. The molecule has 4 aliphatic rings. The highest BCUT2D eigenvalue weighted by molar-refractivity contribution is 9.12. The molecule has 0 aromatic carbocycles. The third kappa shape index (κ3) is 4.99. The van der Waals surface area contributed by atoms with Gasteiger partial charge in [-0.15, -0.1) is 0 Å². The van der Waals surface area contributed by atoms with Gasteiger partial charge in [-0.25, -0.2) is 0 Å². The Bertz CT molecular complexity index is 1080. The number of nitrogens with one attached hydrogen (secondary N) is 2. The molecule has 5 rings (SSSR count). The number of amides is 2. The first kappa shape index (κ1) is 23.0. The van der Waals surface area contributed by atoms with Gasteiger partial charge in [0.1, 0.15) is 6.04 Å². The lowest BCUT2D eigenvalue weighted by Gasteiger charge is -2.36. The van der Waals surface area contributed by atoms with Crippen LogP contribution in [0.3, 0.4) is 0 Å². The van der Waals surface area contributed by atoms with E-state index in [1.54, 1.807) is 6.20 Å². The summed E-state index contributed by atoms with van der Waals surface area (Å²) in [6.45, 7) is 2.79. The van der Waals surface area contributed by atoms with Crippen molar-refractivity contribution in [2.24, 2.45) is 21.8 Å². The van der Waals surface area contributed by atoms with Crippen LogP contribution in [0.4, 0.5) is 0 Å². The number of hydrogen-bond donors (Lipinski definition) is 2. The number of halogens is 1. The topological polar surface area (TPSA) is 99.0 Å². The van der Waals surface area contributed by atoms with Gasteiger partial charge in [-0.05, 0) is 59.3 Å². The first-order valence-corrected chi connectivity index (χ1v) is 12.8. The molecule has 0 bridgehead atoms. The maximum atomic E-state index is 13.0. The van der Waals surface area contributed by atoms with Crippen molar-refractivity contribution in [1.82, 2.24) is 20.5 Å². The molecular weight excluding hydrogens is 496 g/mol. The summed E-state index contributed by atoms with van der Waals surface area (Å²) in [5, 5.41) is 6.46. The molecule has 2 fully saturated rings. The normalized spacial score (nSPS) is 26.9. The highest BCUT2D eigenvalue weighted by Gasteiger charge is 2.36. The van der Waals surface area contributed by atoms with E-state index in [0.717, 1.165) is 59.5 Å². The highest BCUT2D eigenvalue weighted by Crippen LogP contribution is 2.35. The van der Waals surface area contributed by atoms with Crippen molar-refractivity contribution in [1.29, 1.82) is 0 Å². The van der Waals surface area contributed by atoms with Gasteiger partial charge in [0.25, 0.3) is 0 Å². The van der Waals surface area contributed by atoms with Crippen LogP contribution in [0.15, 0.2) is 56.5 Å². The Kier molecular flexibility index (Phi) is 6.89. The van der Waals surface area contributed by atoms with Crippen molar-refractivity contribution in [2.45, 2.75) is 44.7 Å². The second-order valence-corrected chi connectivity index (χ2v) is 10.1. The molecule has 2 saturated heterocycles. The fraction of sp³-hybridized carbons (Fsp3) is 0.480. The summed E-state index contributed by atoms with van der Waals surface area (Å²) in [7, 11) is 0. The molecule has 9 heteroatoms. The Labute approximate surface area is 207 Å². The minimum atomic E-state index is -0.383. The lowest BCUT2D eigenvalue weighted by atomic mass is 9.86. The second kappa shape index (κ2) is 10.2. The van der Waals surface area contributed by atoms with E-state index in [1.807, 2.05) is 23.4 Å². The van der Waals surface area contributed by atoms with Crippen LogP contribution in [-0.4, -0.2) is 59.3 Å². The van der Waals surface area contributed by atoms with Gasteiger partial charge in [-0.3, -0.25) is 24.6 Å². The summed E-state index contributed by atoms with van der Waals surface area (Å²) in [5.41, 5.74) is 4.26. The standard InChI is InChI=1S/C25H29BrN6O2/c26-19-14-28-9-7-18-22(29-13-16-3-1-8-27-12-16)11-21(31-24(18)19)17-4-2-10-32(15-17)25(34)20-5-6-23(33)30-20/h1,3,8,11-12,14,17-18,20,29H,2,4-7,9-10,13,15H2,(H,30,33). The second-order valence-electron chi connectivity index (χ2n) is 9.24. The molecule has 3 atom stereocenters. The number of rotatable bonds is 5. The number of hydrogen-bond acceptors (Lipinski definition) is 6. The Morgan fingerprint density at radius 3 is 3.00 bits per heavy atom. The van der Waals surface area contributed by atoms with Gasteiger partial charge in [0, 0.05) is 74.5 Å². The van der Waals surface area contributed by atoms with E-state index in [-0.39, 0.29) is 29.7 Å². The van der Waals surface area contributed by atoms with Crippen LogP contribution < -0.4 is 10.6 Å². The molecule has 3 unspecified atom stereocenters. The van der Waals surface area contributed by atoms with Crippen molar-refractivity contribution < 1.29 is 9.59 Å². The zero-order valence-corrected chi connectivity index (χ0v) is 20.6. The van der Waals surface area contributed by atoms with Gasteiger partial charge in [0.15, 0.2) is 0 Å². The molecule has 0 spiro atoms. The predicted molar refractivity (Wildman–Crippen MR) is 134 cm³/mol. The summed E-state index contributed by atoms with van der Waals surface area (Å²) in [6, 6.07) is 3.63. The molecule has 2 N–H and O–H groups in total. The van der Waals surface area contributed by atoms with E-state index in [2.05, 4.69) is 48.7 Å². The average molecular weight is 525 g/mol. The monoisotopic (exact) mass is 524 g/mol. The number of aromatic nitrogens is 1. The number of fused-ring (bicyclic) bond motifs is 1. The van der Waals surface area contributed by atoms with Crippen LogP contribution in [0.25, 0.3) is 0 Å². The van der Waals surface area contributed by atoms with Crippen LogP contribution >= 0.6 is 15.9 Å². The number of nitrogens with zero attached hydrogens (tertiary/aromatic N) is 4. The van der Waals surface area contributed by atoms with Gasteiger partial charge in [0.05, 0.1) is 10.2 Å². The number of piperidine rings is 1. The van der Waals surface area contributed by atoms with Crippen LogP contribution in [0.1, 0.15) is 37.7 Å². The number of allylic oxidation sites excluding steroid dienone is 2. The highest BCUT2D eigenvalue weighted by atomic mass is 79.9. The summed E-state index contributed by atoms with van der Waals surface area (Å²) < 4.78 is 0.915. The van der Waals surface area contributed by atoms with E-state index >= 15 is 0 Å². The summed E-state index contributed by atoms with van der Waals surface area (Å²) in [4.78, 5) is 40.4. The fourth-order valence-corrected chi connectivity index (χ4v) is 5.62. The molecule has 2 amide bonds. The number of carbonyl (C=O) groups excluding carboxylic acids is 2. The molecule has 0 radical (unpaired) electrons. The van der Waals surface area contributed by atoms with E-state index in [4.69, 9.17) is 4.99 Å². The smallest absolute Gasteiger partial charge is 0.245 e. The third-order valence-electron chi connectivity index (χ3n) is 6.92. The average Bonchev–Trinajstić information content (AvgIpc) is 3.22. The Morgan fingerprint density at radius 2 is 2.21 bits per heavy atom. The summed E-state index contributed by atoms with van der Waals surface area (Å²) >= 11 is 3.69. The number of likely N-dealkylation sites (tertiary alicyclic amines) is 1. The number of carbonyl (C=O) groups is 2. The number of aliphatic imine (C=N–C) groups is 2. The van der Waals surface area contributed by atoms with E-state index in [9.17, 15) is 9.59 Å². The molecule has 0 aliphatic carbocycles. The number of pyridine rings is 1. The Morgan fingerprint density at radius 1 is 1.29 bits per heavy atom. The SMILES string of the molecule is O=C1CCC(C(=O)N2CCCC(C3=NC4=C(Br)C=NCCC4C(NCc4cccnc4)=C3)C2)N1. The Hall–Kier alpha value is -2.81. The molecular formula is C25H29BrN6O2. The molecule has 178 valence electrons. The first-order valence-electron chi connectivity index (χ1n) is 12.0. The van der Waals surface area contributed by atoms with Gasteiger partial charge < -0.3 is 15.5 Å². The van der Waals surface area contributed by atoms with Crippen molar-refractivity contribution in [3.8, 4) is 0 Å². The van der Waals surface area contributed by atoms with Crippen molar-refractivity contribution in [3.05, 3.63) is 52.0 Å². The zero-order chi connectivity index (χ0) is 23.5. The van der Waals surface area contributed by atoms with E-state index < -0.39 is 0 Å². The molecule has 0 saturated carbocycles. The predicted octanol–water partition coefficient (Wildman–Crippen LogP) is 2.72. The molecule has 8 nitrogen and oxygen atoms in total. The zero-order valence-electron chi connectivity index (χ0n) is 19.0. The third-order valence-corrected chi connectivity index (χ3v) is 7.53. The van der Waals surface area contributed by atoms with Gasteiger partial charge in [0.2, 0.25) is 11.8 Å². The van der Waals surface area contributed by atoms with Gasteiger partial charge in [-0.1, -0.05) is 6.07 Å². The quantitative estimate of drug-likeness (QED) is 0.618. The molecule has 5 heterocycles. The maximum absolute atomic E-state index is 13.0. The molecule has 34 heavy (non-hydrogen) atoms. The summed E-state index contributed by atoms with van der Waals surface area (Å²) in [5.74, 6) is 0.297. The van der Waals surface area contributed by atoms with E-state index in [1.165, 1.54) is 0 Å². The van der Waals surface area contributed by atoms with Crippen LogP contribution in [0.2, 0.25) is 0 Å². The number of dihydropyridines is 1. The lowest BCUT2D eigenvalue weighted by molar-refractivity contribution is -0.135. The van der Waals surface area contributed by atoms with Gasteiger partial charge >= 0.3 is 0 Å². The van der Waals surface area contributed by atoms with Crippen molar-refractivity contribution in [3.63, 3.8) is 0 Å².